The van der Waals surface area contributed by atoms with Crippen molar-refractivity contribution in [3.05, 3.63) is 53.6 Å². The fourth-order valence-electron chi connectivity index (χ4n) is 6.31. The minimum absolute atomic E-state index is 0.0173. The first-order valence-corrected chi connectivity index (χ1v) is 12.5. The fraction of sp³-hybridized carbons (Fsp3) is 0.536. The summed E-state index contributed by atoms with van der Waals surface area (Å²) in [4.78, 5) is 15.5. The average molecular weight is 449 g/mol. The van der Waals surface area contributed by atoms with Crippen LogP contribution < -0.4 is 10.1 Å². The van der Waals surface area contributed by atoms with Gasteiger partial charge in [0.15, 0.2) is 0 Å². The molecule has 0 aromatic heterocycles. The molecule has 1 amide bonds. The number of alkyl carbamates (subject to hydrolysis) is 1. The van der Waals surface area contributed by atoms with Crippen LogP contribution in [-0.2, 0) is 11.2 Å². The van der Waals surface area contributed by atoms with E-state index in [2.05, 4.69) is 54.4 Å². The van der Waals surface area contributed by atoms with Crippen LogP contribution in [0.3, 0.4) is 0 Å². The van der Waals surface area contributed by atoms with Gasteiger partial charge in [0.25, 0.3) is 0 Å². The Kier molecular flexibility index (Phi) is 6.09. The molecule has 3 fully saturated rings. The lowest BCUT2D eigenvalue weighted by Gasteiger charge is -2.44. The quantitative estimate of drug-likeness (QED) is 0.626. The number of methoxy groups -OCH3 is 1. The fourth-order valence-corrected chi connectivity index (χ4v) is 6.31. The molecule has 3 heterocycles. The smallest absolute Gasteiger partial charge is 0.407 e. The van der Waals surface area contributed by atoms with Crippen molar-refractivity contribution in [2.75, 3.05) is 26.7 Å². The third-order valence-electron chi connectivity index (χ3n) is 8.54. The summed E-state index contributed by atoms with van der Waals surface area (Å²) >= 11 is 0. The van der Waals surface area contributed by atoms with E-state index in [1.165, 1.54) is 16.7 Å². The number of ether oxygens (including phenoxy) is 2. The molecule has 33 heavy (non-hydrogen) atoms. The molecule has 2 atom stereocenters. The van der Waals surface area contributed by atoms with Gasteiger partial charge in [0, 0.05) is 6.54 Å². The van der Waals surface area contributed by atoms with E-state index in [0.29, 0.717) is 5.92 Å². The molecule has 0 spiro atoms. The predicted octanol–water partition coefficient (Wildman–Crippen LogP) is 5.59. The Hall–Kier alpha value is -2.53. The van der Waals surface area contributed by atoms with E-state index in [0.717, 1.165) is 63.1 Å². The molecule has 6 rings (SSSR count). The van der Waals surface area contributed by atoms with Crippen molar-refractivity contribution >= 4 is 6.09 Å². The normalized spacial score (nSPS) is 27.1. The Bertz CT molecular complexity index is 1010. The number of piperidine rings is 3. The zero-order valence-electron chi connectivity index (χ0n) is 20.1. The van der Waals surface area contributed by atoms with Crippen molar-refractivity contribution in [2.24, 2.45) is 11.3 Å². The van der Waals surface area contributed by atoms with Crippen molar-refractivity contribution in [3.8, 4) is 16.9 Å². The van der Waals surface area contributed by atoms with Crippen molar-refractivity contribution < 1.29 is 14.3 Å². The Morgan fingerprint density at radius 3 is 2.52 bits per heavy atom. The maximum absolute atomic E-state index is 13.1. The van der Waals surface area contributed by atoms with Gasteiger partial charge in [-0.3, -0.25) is 4.90 Å². The molecule has 4 aliphatic rings. The summed E-state index contributed by atoms with van der Waals surface area (Å²) in [6.07, 6.45) is 5.06. The minimum Gasteiger partial charge on any atom is -0.497 e. The second kappa shape index (κ2) is 9.02. The Morgan fingerprint density at radius 2 is 1.85 bits per heavy atom. The van der Waals surface area contributed by atoms with Gasteiger partial charge in [-0.25, -0.2) is 4.79 Å². The van der Waals surface area contributed by atoms with Gasteiger partial charge >= 0.3 is 6.09 Å². The molecule has 1 N–H and O–H groups in total. The van der Waals surface area contributed by atoms with E-state index in [4.69, 9.17) is 9.47 Å². The van der Waals surface area contributed by atoms with Gasteiger partial charge in [-0.2, -0.15) is 0 Å². The zero-order valence-corrected chi connectivity index (χ0v) is 20.1. The van der Waals surface area contributed by atoms with Crippen molar-refractivity contribution in [1.82, 2.24) is 10.2 Å². The highest BCUT2D eigenvalue weighted by molar-refractivity contribution is 5.70. The number of nitrogens with one attached hydrogen (secondary N) is 1. The largest absolute Gasteiger partial charge is 0.497 e. The molecule has 5 heteroatoms. The number of fused-ring (bicyclic) bond motifs is 4. The number of nitrogens with zero attached hydrogens (tertiary/aromatic N) is 1. The molecular weight excluding hydrogens is 412 g/mol. The monoisotopic (exact) mass is 448 g/mol. The van der Waals surface area contributed by atoms with E-state index in [1.54, 1.807) is 7.11 Å². The number of carbonyl (C=O) groups excluding carboxylic acids is 1. The van der Waals surface area contributed by atoms with Crippen LogP contribution in [0.15, 0.2) is 42.5 Å². The number of hydrogen-bond acceptors (Lipinski definition) is 4. The summed E-state index contributed by atoms with van der Waals surface area (Å²) in [6.45, 7) is 7.66. The lowest BCUT2D eigenvalue weighted by atomic mass is 9.76. The van der Waals surface area contributed by atoms with E-state index >= 15 is 0 Å². The number of rotatable bonds is 6. The number of benzene rings is 2. The minimum atomic E-state index is -0.255. The SMILES string of the molecule is CCC1(CC)Cc2cc(-c3cccc(OC)c3)ccc2C1NC(=O)O[C@H]1CN2CCC1CC2. The van der Waals surface area contributed by atoms with E-state index < -0.39 is 0 Å². The van der Waals surface area contributed by atoms with Gasteiger partial charge in [-0.05, 0) is 90.9 Å². The number of amides is 1. The van der Waals surface area contributed by atoms with Crippen LogP contribution in [0, 0.1) is 11.3 Å². The lowest BCUT2D eigenvalue weighted by molar-refractivity contribution is -0.0353. The molecule has 1 unspecified atom stereocenters. The molecule has 0 saturated carbocycles. The summed E-state index contributed by atoms with van der Waals surface area (Å²) in [5.74, 6) is 1.38. The van der Waals surface area contributed by atoms with Crippen LogP contribution in [0.4, 0.5) is 4.79 Å². The first-order chi connectivity index (χ1) is 16.0. The van der Waals surface area contributed by atoms with Gasteiger partial charge in [-0.15, -0.1) is 0 Å². The molecular formula is C28H36N2O3. The van der Waals surface area contributed by atoms with Gasteiger partial charge < -0.3 is 14.8 Å². The zero-order chi connectivity index (χ0) is 23.0. The summed E-state index contributed by atoms with van der Waals surface area (Å²) < 4.78 is 11.4. The standard InChI is InChI=1S/C28H36N2O3/c1-4-28(5-2)17-22-15-21(20-7-6-8-23(16-20)32-3)9-10-24(22)26(28)29-27(31)33-25-18-30-13-11-19(25)12-14-30/h6-10,15-16,19,25-26H,4-5,11-14,17-18H2,1-3H3,(H,29,31)/t25-,26?/m0/s1. The lowest BCUT2D eigenvalue weighted by Crippen LogP contribution is -2.53. The Labute approximate surface area is 197 Å². The van der Waals surface area contributed by atoms with Crippen LogP contribution >= 0.6 is 0 Å². The van der Waals surface area contributed by atoms with Gasteiger partial charge in [0.1, 0.15) is 11.9 Å². The molecule has 2 aromatic rings. The maximum Gasteiger partial charge on any atom is 0.407 e. The first kappa shape index (κ1) is 22.3. The first-order valence-electron chi connectivity index (χ1n) is 12.5. The van der Waals surface area contributed by atoms with Gasteiger partial charge in [-0.1, -0.05) is 44.2 Å². The van der Waals surface area contributed by atoms with E-state index in [-0.39, 0.29) is 23.7 Å². The summed E-state index contributed by atoms with van der Waals surface area (Å²) in [5.41, 5.74) is 4.91. The van der Waals surface area contributed by atoms with Crippen molar-refractivity contribution in [3.63, 3.8) is 0 Å². The van der Waals surface area contributed by atoms with Crippen LogP contribution in [0.5, 0.6) is 5.75 Å². The molecule has 1 aliphatic carbocycles. The van der Waals surface area contributed by atoms with Gasteiger partial charge in [0.2, 0.25) is 0 Å². The van der Waals surface area contributed by atoms with Crippen LogP contribution in [-0.4, -0.2) is 43.8 Å². The molecule has 2 bridgehead atoms. The molecule has 3 aliphatic heterocycles. The highest BCUT2D eigenvalue weighted by Gasteiger charge is 2.45. The molecule has 3 saturated heterocycles. The second-order valence-electron chi connectivity index (χ2n) is 10.1. The third-order valence-corrected chi connectivity index (χ3v) is 8.54. The maximum atomic E-state index is 13.1. The summed E-state index contributed by atoms with van der Waals surface area (Å²) in [6, 6.07) is 14.8. The third kappa shape index (κ3) is 4.12. The topological polar surface area (TPSA) is 50.8 Å². The Morgan fingerprint density at radius 1 is 1.09 bits per heavy atom. The molecule has 2 aromatic carbocycles. The van der Waals surface area contributed by atoms with Gasteiger partial charge in [0.05, 0.1) is 13.2 Å². The molecule has 5 nitrogen and oxygen atoms in total. The molecule has 176 valence electrons. The van der Waals surface area contributed by atoms with Crippen LogP contribution in [0.2, 0.25) is 0 Å². The number of carbonyl (C=O) groups is 1. The highest BCUT2D eigenvalue weighted by atomic mass is 16.6. The summed E-state index contributed by atoms with van der Waals surface area (Å²) in [5, 5.41) is 3.31. The van der Waals surface area contributed by atoms with Crippen LogP contribution in [0.25, 0.3) is 11.1 Å². The summed E-state index contributed by atoms with van der Waals surface area (Å²) in [7, 11) is 1.70. The van der Waals surface area contributed by atoms with Crippen molar-refractivity contribution in [1.29, 1.82) is 0 Å². The van der Waals surface area contributed by atoms with E-state index in [9.17, 15) is 4.79 Å². The highest BCUT2D eigenvalue weighted by Crippen LogP contribution is 2.51. The number of hydrogen-bond donors (Lipinski definition) is 1. The van der Waals surface area contributed by atoms with E-state index in [1.807, 2.05) is 12.1 Å². The Balaban J connectivity index is 1.38. The average Bonchev–Trinajstić information content (AvgIpc) is 3.17. The predicted molar refractivity (Wildman–Crippen MR) is 130 cm³/mol. The second-order valence-corrected chi connectivity index (χ2v) is 10.1. The molecule has 0 radical (unpaired) electrons. The van der Waals surface area contributed by atoms with Crippen LogP contribution in [0.1, 0.15) is 56.7 Å². The van der Waals surface area contributed by atoms with Crippen molar-refractivity contribution in [2.45, 2.75) is 58.1 Å².